The fourth-order valence-corrected chi connectivity index (χ4v) is 1.90. The highest BCUT2D eigenvalue weighted by Gasteiger charge is 2.11. The Morgan fingerprint density at radius 1 is 1.35 bits per heavy atom. The Bertz CT molecular complexity index is 520. The van der Waals surface area contributed by atoms with Crippen LogP contribution in [0.2, 0.25) is 0 Å². The average Bonchev–Trinajstić information content (AvgIpc) is 2.59. The van der Waals surface area contributed by atoms with Gasteiger partial charge in [0.25, 0.3) is 0 Å². The zero-order chi connectivity index (χ0) is 12.4. The minimum absolute atomic E-state index is 0.268. The third-order valence-corrected chi connectivity index (χ3v) is 2.80. The van der Waals surface area contributed by atoms with E-state index in [0.717, 1.165) is 10.2 Å². The van der Waals surface area contributed by atoms with Crippen molar-refractivity contribution < 1.29 is 0 Å². The van der Waals surface area contributed by atoms with Crippen LogP contribution in [0.3, 0.4) is 0 Å². The Labute approximate surface area is 108 Å². The number of rotatable bonds is 3. The summed E-state index contributed by atoms with van der Waals surface area (Å²) in [7, 11) is 0. The summed E-state index contributed by atoms with van der Waals surface area (Å²) < 4.78 is 2.53. The molecule has 0 aliphatic rings. The van der Waals surface area contributed by atoms with Gasteiger partial charge < -0.3 is 11.1 Å². The van der Waals surface area contributed by atoms with Crippen molar-refractivity contribution >= 4 is 27.8 Å². The van der Waals surface area contributed by atoms with E-state index in [2.05, 4.69) is 31.3 Å². The van der Waals surface area contributed by atoms with Gasteiger partial charge in [0.05, 0.1) is 5.69 Å². The van der Waals surface area contributed by atoms with E-state index in [1.807, 2.05) is 38.1 Å². The van der Waals surface area contributed by atoms with Crippen molar-refractivity contribution in [2.24, 2.45) is 0 Å². The maximum Gasteiger partial charge on any atom is 0.244 e. The second kappa shape index (κ2) is 4.75. The van der Waals surface area contributed by atoms with Crippen LogP contribution in [0.1, 0.15) is 13.8 Å². The highest BCUT2D eigenvalue weighted by Crippen LogP contribution is 2.22. The Kier molecular flexibility index (Phi) is 3.33. The van der Waals surface area contributed by atoms with Gasteiger partial charge in [-0.05, 0) is 41.9 Å². The Hall–Kier alpha value is -1.56. The third kappa shape index (κ3) is 2.58. The molecule has 90 valence electrons. The molecule has 1 aromatic carbocycles. The number of halogens is 1. The van der Waals surface area contributed by atoms with E-state index in [-0.39, 0.29) is 6.04 Å². The highest BCUT2D eigenvalue weighted by molar-refractivity contribution is 9.10. The first-order chi connectivity index (χ1) is 8.08. The highest BCUT2D eigenvalue weighted by atomic mass is 79.9. The van der Waals surface area contributed by atoms with Crippen LogP contribution in [0.5, 0.6) is 0 Å². The summed E-state index contributed by atoms with van der Waals surface area (Å²) >= 11 is 3.46. The van der Waals surface area contributed by atoms with Crippen LogP contribution in [0.25, 0.3) is 5.69 Å². The van der Waals surface area contributed by atoms with Crippen molar-refractivity contribution in [3.05, 3.63) is 28.7 Å². The number of hydrogen-bond acceptors (Lipinski definition) is 4. The molecule has 0 radical (unpaired) electrons. The molecule has 0 atom stereocenters. The molecule has 0 bridgehead atoms. The second-order valence-electron chi connectivity index (χ2n) is 3.96. The van der Waals surface area contributed by atoms with Gasteiger partial charge in [-0.1, -0.05) is 12.1 Å². The molecule has 0 saturated heterocycles. The molecule has 1 aromatic heterocycles. The summed E-state index contributed by atoms with van der Waals surface area (Å²) in [5.74, 6) is 0.897. The van der Waals surface area contributed by atoms with Gasteiger partial charge in [-0.2, -0.15) is 9.67 Å². The molecule has 17 heavy (non-hydrogen) atoms. The van der Waals surface area contributed by atoms with Gasteiger partial charge in [0.2, 0.25) is 11.9 Å². The minimum Gasteiger partial charge on any atom is -0.368 e. The number of nitrogens with one attached hydrogen (secondary N) is 1. The minimum atomic E-state index is 0.268. The van der Waals surface area contributed by atoms with E-state index >= 15 is 0 Å². The summed E-state index contributed by atoms with van der Waals surface area (Å²) in [5, 5.41) is 7.44. The lowest BCUT2D eigenvalue weighted by Gasteiger charge is -2.05. The second-order valence-corrected chi connectivity index (χ2v) is 4.81. The lowest BCUT2D eigenvalue weighted by Crippen LogP contribution is -2.11. The first-order valence-corrected chi connectivity index (χ1v) is 6.11. The molecule has 2 rings (SSSR count). The lowest BCUT2D eigenvalue weighted by molar-refractivity contribution is 0.847. The summed E-state index contributed by atoms with van der Waals surface area (Å²) in [5.41, 5.74) is 6.72. The van der Waals surface area contributed by atoms with E-state index < -0.39 is 0 Å². The Balaban J connectivity index is 2.40. The molecule has 6 heteroatoms. The van der Waals surface area contributed by atoms with Crippen molar-refractivity contribution in [3.8, 4) is 5.69 Å². The standard InChI is InChI=1S/C11H14BrN5/c1-7(2)14-11-15-10(13)17(16-11)9-6-4-3-5-8(9)12/h3-7H,1-2H3,(H3,13,14,15,16). The number of nitrogens with zero attached hydrogens (tertiary/aromatic N) is 3. The van der Waals surface area contributed by atoms with E-state index in [9.17, 15) is 0 Å². The average molecular weight is 296 g/mol. The number of nitrogen functional groups attached to an aromatic ring is 1. The number of hydrogen-bond donors (Lipinski definition) is 2. The number of anilines is 2. The summed E-state index contributed by atoms with van der Waals surface area (Å²) in [4.78, 5) is 4.17. The zero-order valence-corrected chi connectivity index (χ0v) is 11.3. The molecule has 0 unspecified atom stereocenters. The van der Waals surface area contributed by atoms with Crippen LogP contribution in [0.15, 0.2) is 28.7 Å². The fourth-order valence-electron chi connectivity index (χ4n) is 1.44. The van der Waals surface area contributed by atoms with Gasteiger partial charge in [0, 0.05) is 10.5 Å². The normalized spacial score (nSPS) is 10.8. The maximum atomic E-state index is 5.85. The number of para-hydroxylation sites is 1. The van der Waals surface area contributed by atoms with E-state index in [4.69, 9.17) is 5.73 Å². The zero-order valence-electron chi connectivity index (χ0n) is 9.68. The quantitative estimate of drug-likeness (QED) is 0.912. The van der Waals surface area contributed by atoms with Crippen LogP contribution in [-0.4, -0.2) is 20.8 Å². The van der Waals surface area contributed by atoms with Crippen molar-refractivity contribution in [2.45, 2.75) is 19.9 Å². The van der Waals surface area contributed by atoms with Gasteiger partial charge in [-0.3, -0.25) is 0 Å². The van der Waals surface area contributed by atoms with Gasteiger partial charge in [-0.25, -0.2) is 0 Å². The summed E-state index contributed by atoms with van der Waals surface area (Å²) in [6.07, 6.45) is 0. The molecule has 0 aliphatic heterocycles. The predicted octanol–water partition coefficient (Wildman–Crippen LogP) is 2.43. The molecular formula is C11H14BrN5. The summed E-state index contributed by atoms with van der Waals surface area (Å²) in [6.45, 7) is 4.05. The molecule has 0 amide bonds. The lowest BCUT2D eigenvalue weighted by atomic mass is 10.3. The van der Waals surface area contributed by atoms with Crippen molar-refractivity contribution in [2.75, 3.05) is 11.1 Å². The monoisotopic (exact) mass is 295 g/mol. The van der Waals surface area contributed by atoms with Gasteiger partial charge in [-0.15, -0.1) is 5.10 Å². The van der Waals surface area contributed by atoms with Gasteiger partial charge in [0.1, 0.15) is 0 Å². The van der Waals surface area contributed by atoms with E-state index in [1.54, 1.807) is 4.68 Å². The first-order valence-electron chi connectivity index (χ1n) is 5.32. The van der Waals surface area contributed by atoms with Gasteiger partial charge in [0.15, 0.2) is 0 Å². The third-order valence-electron chi connectivity index (χ3n) is 2.13. The van der Waals surface area contributed by atoms with Crippen LogP contribution in [0, 0.1) is 0 Å². The maximum absolute atomic E-state index is 5.85. The van der Waals surface area contributed by atoms with Crippen LogP contribution in [-0.2, 0) is 0 Å². The number of benzene rings is 1. The van der Waals surface area contributed by atoms with E-state index in [1.165, 1.54) is 0 Å². The SMILES string of the molecule is CC(C)Nc1nc(N)n(-c2ccccc2Br)n1. The smallest absolute Gasteiger partial charge is 0.244 e. The summed E-state index contributed by atoms with van der Waals surface area (Å²) in [6, 6.07) is 8.00. The van der Waals surface area contributed by atoms with Crippen LogP contribution >= 0.6 is 15.9 Å². The van der Waals surface area contributed by atoms with Crippen molar-refractivity contribution in [1.29, 1.82) is 0 Å². The van der Waals surface area contributed by atoms with Crippen LogP contribution in [0.4, 0.5) is 11.9 Å². The predicted molar refractivity (Wildman–Crippen MR) is 72.2 cm³/mol. The van der Waals surface area contributed by atoms with Crippen molar-refractivity contribution in [3.63, 3.8) is 0 Å². The first kappa shape index (κ1) is 11.9. The number of nitrogens with two attached hydrogens (primary N) is 1. The molecule has 2 aromatic rings. The van der Waals surface area contributed by atoms with Gasteiger partial charge >= 0.3 is 0 Å². The molecule has 1 heterocycles. The van der Waals surface area contributed by atoms with Crippen LogP contribution < -0.4 is 11.1 Å². The largest absolute Gasteiger partial charge is 0.368 e. The molecular weight excluding hydrogens is 282 g/mol. The number of aromatic nitrogens is 3. The Morgan fingerprint density at radius 3 is 2.71 bits per heavy atom. The molecule has 0 fully saturated rings. The van der Waals surface area contributed by atoms with E-state index in [0.29, 0.717) is 11.9 Å². The molecule has 0 saturated carbocycles. The molecule has 0 spiro atoms. The Morgan fingerprint density at radius 2 is 2.06 bits per heavy atom. The molecule has 0 aliphatic carbocycles. The molecule has 3 N–H and O–H groups in total. The topological polar surface area (TPSA) is 68.8 Å². The fraction of sp³-hybridized carbons (Fsp3) is 0.273. The molecule has 5 nitrogen and oxygen atoms in total. The van der Waals surface area contributed by atoms with Crippen molar-refractivity contribution in [1.82, 2.24) is 14.8 Å².